The van der Waals surface area contributed by atoms with Crippen molar-refractivity contribution in [2.45, 2.75) is 13.5 Å². The Balaban J connectivity index is 2.04. The molecule has 0 fully saturated rings. The number of aryl methyl sites for hydroxylation is 1. The Labute approximate surface area is 122 Å². The van der Waals surface area contributed by atoms with Gasteiger partial charge in [0.1, 0.15) is 6.61 Å². The molecule has 2 aromatic carbocycles. The predicted molar refractivity (Wildman–Crippen MR) is 79.7 cm³/mol. The second-order valence-corrected chi connectivity index (χ2v) is 4.73. The van der Waals surface area contributed by atoms with Gasteiger partial charge in [-0.3, -0.25) is 4.79 Å². The molecule has 0 unspecified atom stereocenters. The molecule has 2 rings (SSSR count). The number of amides is 1. The van der Waals surface area contributed by atoms with Crippen LogP contribution in [0.1, 0.15) is 31.8 Å². The van der Waals surface area contributed by atoms with E-state index in [0.717, 1.165) is 11.1 Å². The summed E-state index contributed by atoms with van der Waals surface area (Å²) >= 11 is 0. The van der Waals surface area contributed by atoms with Crippen LogP contribution in [-0.4, -0.2) is 11.9 Å². The smallest absolute Gasteiger partial charge is 0.340 e. The maximum absolute atomic E-state index is 12.0. The van der Waals surface area contributed by atoms with Crippen LogP contribution in [0.4, 0.5) is 5.69 Å². The molecule has 21 heavy (non-hydrogen) atoms. The molecule has 0 aliphatic heterocycles. The fourth-order valence-electron chi connectivity index (χ4n) is 1.84. The topological polar surface area (TPSA) is 95.4 Å². The molecule has 0 spiro atoms. The maximum atomic E-state index is 12.0. The van der Waals surface area contributed by atoms with E-state index in [4.69, 9.17) is 16.2 Å². The molecule has 0 aromatic heterocycles. The second-order valence-electron chi connectivity index (χ2n) is 4.73. The summed E-state index contributed by atoms with van der Waals surface area (Å²) in [5, 5.41) is 0. The summed E-state index contributed by atoms with van der Waals surface area (Å²) in [7, 11) is 0. The van der Waals surface area contributed by atoms with Crippen molar-refractivity contribution in [2.24, 2.45) is 5.73 Å². The number of ether oxygens (including phenoxy) is 1. The van der Waals surface area contributed by atoms with Gasteiger partial charge in [-0.1, -0.05) is 23.8 Å². The van der Waals surface area contributed by atoms with E-state index in [0.29, 0.717) is 16.8 Å². The molecule has 0 aliphatic carbocycles. The Morgan fingerprint density at radius 2 is 1.76 bits per heavy atom. The quantitative estimate of drug-likeness (QED) is 0.663. The van der Waals surface area contributed by atoms with Crippen molar-refractivity contribution in [2.75, 3.05) is 5.73 Å². The number of esters is 1. The molecule has 0 saturated carbocycles. The standard InChI is InChI=1S/C16H16N2O3/c1-10-2-7-14(17)13(8-10)16(20)21-9-11-3-5-12(6-4-11)15(18)19/h2-8H,9,17H2,1H3,(H2,18,19). The lowest BCUT2D eigenvalue weighted by molar-refractivity contribution is 0.0473. The van der Waals surface area contributed by atoms with Crippen LogP contribution in [-0.2, 0) is 11.3 Å². The number of primary amides is 1. The molecule has 5 heteroatoms. The number of carbonyl (C=O) groups excluding carboxylic acids is 2. The lowest BCUT2D eigenvalue weighted by Crippen LogP contribution is -2.11. The number of benzene rings is 2. The molecular formula is C16H16N2O3. The molecule has 0 bridgehead atoms. The van der Waals surface area contributed by atoms with Gasteiger partial charge in [0, 0.05) is 11.3 Å². The molecule has 5 nitrogen and oxygen atoms in total. The number of hydrogen-bond acceptors (Lipinski definition) is 4. The fourth-order valence-corrected chi connectivity index (χ4v) is 1.84. The highest BCUT2D eigenvalue weighted by Crippen LogP contribution is 2.16. The van der Waals surface area contributed by atoms with Gasteiger partial charge in [-0.15, -0.1) is 0 Å². The largest absolute Gasteiger partial charge is 0.457 e. The number of anilines is 1. The third-order valence-corrected chi connectivity index (χ3v) is 3.04. The van der Waals surface area contributed by atoms with Crippen LogP contribution in [0.3, 0.4) is 0 Å². The average molecular weight is 284 g/mol. The molecular weight excluding hydrogens is 268 g/mol. The van der Waals surface area contributed by atoms with Crippen molar-refractivity contribution in [3.8, 4) is 0 Å². The first-order valence-electron chi connectivity index (χ1n) is 6.39. The van der Waals surface area contributed by atoms with E-state index in [2.05, 4.69) is 0 Å². The average Bonchev–Trinajstić information content (AvgIpc) is 2.47. The molecule has 0 aliphatic rings. The third-order valence-electron chi connectivity index (χ3n) is 3.04. The zero-order valence-electron chi connectivity index (χ0n) is 11.6. The minimum Gasteiger partial charge on any atom is -0.457 e. The summed E-state index contributed by atoms with van der Waals surface area (Å²) in [6.45, 7) is 1.98. The Hall–Kier alpha value is -2.82. The van der Waals surface area contributed by atoms with E-state index < -0.39 is 11.9 Å². The van der Waals surface area contributed by atoms with Crippen LogP contribution in [0.25, 0.3) is 0 Å². The lowest BCUT2D eigenvalue weighted by Gasteiger charge is -2.08. The van der Waals surface area contributed by atoms with Crippen molar-refractivity contribution < 1.29 is 14.3 Å². The summed E-state index contributed by atoms with van der Waals surface area (Å²) < 4.78 is 5.22. The van der Waals surface area contributed by atoms with Gasteiger partial charge < -0.3 is 16.2 Å². The summed E-state index contributed by atoms with van der Waals surface area (Å²) in [6.07, 6.45) is 0. The van der Waals surface area contributed by atoms with E-state index in [1.165, 1.54) is 0 Å². The van der Waals surface area contributed by atoms with E-state index in [1.54, 1.807) is 36.4 Å². The van der Waals surface area contributed by atoms with Gasteiger partial charge in [-0.25, -0.2) is 4.79 Å². The maximum Gasteiger partial charge on any atom is 0.340 e. The van der Waals surface area contributed by atoms with Crippen molar-refractivity contribution in [1.29, 1.82) is 0 Å². The van der Waals surface area contributed by atoms with Crippen LogP contribution in [0.2, 0.25) is 0 Å². The van der Waals surface area contributed by atoms with E-state index >= 15 is 0 Å². The number of rotatable bonds is 4. The molecule has 1 amide bonds. The first-order chi connectivity index (χ1) is 9.97. The van der Waals surface area contributed by atoms with Crippen LogP contribution in [0, 0.1) is 6.92 Å². The predicted octanol–water partition coefficient (Wildman–Crippen LogP) is 2.03. The van der Waals surface area contributed by atoms with E-state index in [1.807, 2.05) is 13.0 Å². The second kappa shape index (κ2) is 6.09. The van der Waals surface area contributed by atoms with Gasteiger partial charge in [0.25, 0.3) is 0 Å². The number of nitrogens with two attached hydrogens (primary N) is 2. The van der Waals surface area contributed by atoms with Crippen LogP contribution >= 0.6 is 0 Å². The SMILES string of the molecule is Cc1ccc(N)c(C(=O)OCc2ccc(C(N)=O)cc2)c1. The molecule has 0 heterocycles. The van der Waals surface area contributed by atoms with Gasteiger partial charge in [0.15, 0.2) is 0 Å². The van der Waals surface area contributed by atoms with Crippen molar-refractivity contribution in [3.63, 3.8) is 0 Å². The minimum absolute atomic E-state index is 0.102. The molecule has 2 aromatic rings. The molecule has 4 N–H and O–H groups in total. The molecule has 108 valence electrons. The molecule has 0 atom stereocenters. The number of carbonyl (C=O) groups is 2. The van der Waals surface area contributed by atoms with Crippen LogP contribution in [0.15, 0.2) is 42.5 Å². The van der Waals surface area contributed by atoms with Gasteiger partial charge >= 0.3 is 5.97 Å². The normalized spacial score (nSPS) is 10.1. The highest BCUT2D eigenvalue weighted by Gasteiger charge is 2.11. The van der Waals surface area contributed by atoms with Crippen molar-refractivity contribution >= 4 is 17.6 Å². The first-order valence-corrected chi connectivity index (χ1v) is 6.39. The van der Waals surface area contributed by atoms with Gasteiger partial charge in [0.05, 0.1) is 5.56 Å². The minimum atomic E-state index is -0.494. The van der Waals surface area contributed by atoms with E-state index in [9.17, 15) is 9.59 Å². The molecule has 0 radical (unpaired) electrons. The molecule has 0 saturated heterocycles. The number of hydrogen-bond donors (Lipinski definition) is 2. The Kier molecular flexibility index (Phi) is 4.23. The summed E-state index contributed by atoms with van der Waals surface area (Å²) in [5.41, 5.74) is 13.8. The van der Waals surface area contributed by atoms with Crippen LogP contribution < -0.4 is 11.5 Å². The van der Waals surface area contributed by atoms with E-state index in [-0.39, 0.29) is 6.61 Å². The zero-order chi connectivity index (χ0) is 15.4. The van der Waals surface area contributed by atoms with Gasteiger partial charge in [-0.2, -0.15) is 0 Å². The monoisotopic (exact) mass is 284 g/mol. The first kappa shape index (κ1) is 14.6. The summed E-state index contributed by atoms with van der Waals surface area (Å²) in [4.78, 5) is 22.9. The zero-order valence-corrected chi connectivity index (χ0v) is 11.6. The highest BCUT2D eigenvalue weighted by atomic mass is 16.5. The third kappa shape index (κ3) is 3.60. The Morgan fingerprint density at radius 1 is 1.10 bits per heavy atom. The Morgan fingerprint density at radius 3 is 2.38 bits per heavy atom. The fraction of sp³-hybridized carbons (Fsp3) is 0.125. The lowest BCUT2D eigenvalue weighted by atomic mass is 10.1. The van der Waals surface area contributed by atoms with Crippen LogP contribution in [0.5, 0.6) is 0 Å². The van der Waals surface area contributed by atoms with Crippen molar-refractivity contribution in [3.05, 3.63) is 64.7 Å². The van der Waals surface area contributed by atoms with Gasteiger partial charge in [-0.05, 0) is 36.8 Å². The highest BCUT2D eigenvalue weighted by molar-refractivity contribution is 5.95. The summed E-state index contributed by atoms with van der Waals surface area (Å²) in [5.74, 6) is -0.971. The van der Waals surface area contributed by atoms with Gasteiger partial charge in [0.2, 0.25) is 5.91 Å². The van der Waals surface area contributed by atoms with Crippen molar-refractivity contribution in [1.82, 2.24) is 0 Å². The number of nitrogen functional groups attached to an aromatic ring is 1. The summed E-state index contributed by atoms with van der Waals surface area (Å²) in [6, 6.07) is 11.7. The Bertz CT molecular complexity index is 678.